The van der Waals surface area contributed by atoms with E-state index in [9.17, 15) is 0 Å². The second-order valence-corrected chi connectivity index (χ2v) is 1.08. The number of aliphatic hydroxyl groups is 1. The van der Waals surface area contributed by atoms with E-state index in [0.29, 0.717) is 0 Å². The van der Waals surface area contributed by atoms with Gasteiger partial charge in [-0.1, -0.05) is 6.92 Å². The molecule has 0 heterocycles. The van der Waals surface area contributed by atoms with Crippen LogP contribution < -0.4 is 5.32 Å². The molecule has 0 bridgehead atoms. The topological polar surface area (TPSA) is 32.3 Å². The van der Waals surface area contributed by atoms with Crippen molar-refractivity contribution in [3.63, 3.8) is 0 Å². The Bertz CT molecular complexity index is 28.0. The van der Waals surface area contributed by atoms with Crippen molar-refractivity contribution in [3.8, 4) is 0 Å². The lowest BCUT2D eigenvalue weighted by atomic mass is 10.6. The van der Waals surface area contributed by atoms with E-state index < -0.39 is 0 Å². The van der Waals surface area contributed by atoms with E-state index in [-0.39, 0.29) is 42.1 Å². The van der Waals surface area contributed by atoms with Crippen molar-refractivity contribution < 1.29 is 5.11 Å². The van der Waals surface area contributed by atoms with Gasteiger partial charge < -0.3 is 10.4 Å². The molecule has 0 fully saturated rings. The first kappa shape index (κ1) is 16.0. The second kappa shape index (κ2) is 15.7. The number of likely N-dealkylation sites (N-methyl/N-ethyl adjacent to an activating group) is 1. The molecule has 0 aliphatic heterocycles. The number of rotatable bonds is 3. The van der Waals surface area contributed by atoms with Crippen LogP contribution >= 0.6 is 12.4 Å². The molecule has 2 N–H and O–H groups in total. The molecule has 2 nitrogen and oxygen atoms in total. The maximum Gasteiger partial charge on any atom is 0.316 e. The van der Waals surface area contributed by atoms with Gasteiger partial charge in [0.15, 0.2) is 0 Å². The van der Waals surface area contributed by atoms with Gasteiger partial charge in [-0.25, -0.2) is 0 Å². The summed E-state index contributed by atoms with van der Waals surface area (Å²) in [5.41, 5.74) is 0. The van der Waals surface area contributed by atoms with Gasteiger partial charge in [0.25, 0.3) is 0 Å². The molecular formula is C4H14ClMgNO. The van der Waals surface area contributed by atoms with E-state index in [1.807, 2.05) is 6.92 Å². The fourth-order valence-corrected chi connectivity index (χ4v) is 0.256. The Balaban J connectivity index is -0.000000125. The lowest BCUT2D eigenvalue weighted by Gasteiger charge is -1.91. The van der Waals surface area contributed by atoms with Crippen LogP contribution in [0.25, 0.3) is 0 Å². The molecule has 0 unspecified atom stereocenters. The van der Waals surface area contributed by atoms with Crippen molar-refractivity contribution in [2.24, 2.45) is 0 Å². The van der Waals surface area contributed by atoms with Crippen molar-refractivity contribution in [2.45, 2.75) is 6.92 Å². The largest absolute Gasteiger partial charge is 0.395 e. The van der Waals surface area contributed by atoms with Gasteiger partial charge in [0, 0.05) is 6.54 Å². The number of hydrogen-bond donors (Lipinski definition) is 2. The van der Waals surface area contributed by atoms with Gasteiger partial charge in [-0.3, -0.25) is 0 Å². The standard InChI is InChI=1S/C4H11NO.ClH.Mg.2H/c1-2-5-3-4-6;;;;/h5-6H,2-4H2,1H3;1H;;;. The second-order valence-electron chi connectivity index (χ2n) is 1.08. The van der Waals surface area contributed by atoms with Crippen molar-refractivity contribution in [2.75, 3.05) is 19.7 Å². The SMILES string of the molecule is CCNCCO.Cl.[MgH2]. The molecule has 0 aliphatic rings. The molecule has 50 valence electrons. The molecule has 0 spiro atoms. The Hall–Kier alpha value is 0.976. The molecule has 0 radical (unpaired) electrons. The molecule has 0 aromatic heterocycles. The van der Waals surface area contributed by atoms with Gasteiger partial charge in [-0.15, -0.1) is 12.4 Å². The highest BCUT2D eigenvalue weighted by atomic mass is 35.5. The summed E-state index contributed by atoms with van der Waals surface area (Å²) >= 11 is 0. The monoisotopic (exact) mass is 151 g/mol. The molecule has 0 aromatic carbocycles. The Morgan fingerprint density at radius 1 is 1.50 bits per heavy atom. The van der Waals surface area contributed by atoms with Crippen molar-refractivity contribution >= 4 is 35.5 Å². The highest BCUT2D eigenvalue weighted by Crippen LogP contribution is 1.51. The van der Waals surface area contributed by atoms with E-state index in [2.05, 4.69) is 5.32 Å². The summed E-state index contributed by atoms with van der Waals surface area (Å²) in [6.45, 7) is 3.92. The van der Waals surface area contributed by atoms with E-state index in [1.165, 1.54) is 0 Å². The predicted molar refractivity (Wildman–Crippen MR) is 41.4 cm³/mol. The number of hydrogen-bond acceptors (Lipinski definition) is 2. The predicted octanol–water partition coefficient (Wildman–Crippen LogP) is -0.906. The van der Waals surface area contributed by atoms with Gasteiger partial charge in [0.1, 0.15) is 0 Å². The summed E-state index contributed by atoms with van der Waals surface area (Å²) in [6, 6.07) is 0. The van der Waals surface area contributed by atoms with Crippen LogP contribution in [0.1, 0.15) is 6.92 Å². The lowest BCUT2D eigenvalue weighted by molar-refractivity contribution is 0.293. The lowest BCUT2D eigenvalue weighted by Crippen LogP contribution is -2.16. The number of nitrogens with one attached hydrogen (secondary N) is 1. The van der Waals surface area contributed by atoms with Gasteiger partial charge in [0.05, 0.1) is 6.61 Å². The van der Waals surface area contributed by atoms with Crippen molar-refractivity contribution in [3.05, 3.63) is 0 Å². The summed E-state index contributed by atoms with van der Waals surface area (Å²) < 4.78 is 0. The molecule has 0 aliphatic carbocycles. The molecule has 0 saturated heterocycles. The molecule has 0 aromatic rings. The first-order valence-electron chi connectivity index (χ1n) is 2.23. The molecule has 0 saturated carbocycles. The minimum Gasteiger partial charge on any atom is -0.395 e. The first-order chi connectivity index (χ1) is 2.91. The van der Waals surface area contributed by atoms with E-state index in [0.717, 1.165) is 13.1 Å². The quantitative estimate of drug-likeness (QED) is 0.405. The minimum atomic E-state index is 0. The molecule has 0 rings (SSSR count). The third-order valence-electron chi connectivity index (χ3n) is 0.539. The Morgan fingerprint density at radius 2 is 2.00 bits per heavy atom. The first-order valence-corrected chi connectivity index (χ1v) is 2.23. The summed E-state index contributed by atoms with van der Waals surface area (Å²) in [6.07, 6.45) is 0. The number of halogens is 1. The zero-order valence-electron chi connectivity index (χ0n) is 4.48. The van der Waals surface area contributed by atoms with E-state index in [1.54, 1.807) is 0 Å². The molecule has 4 heteroatoms. The van der Waals surface area contributed by atoms with Crippen LogP contribution in [-0.4, -0.2) is 47.9 Å². The Labute approximate surface area is 72.6 Å². The molecular weight excluding hydrogens is 138 g/mol. The molecule has 0 atom stereocenters. The van der Waals surface area contributed by atoms with Crippen LogP contribution in [0.4, 0.5) is 0 Å². The van der Waals surface area contributed by atoms with Crippen LogP contribution in [0.2, 0.25) is 0 Å². The zero-order chi connectivity index (χ0) is 4.83. The highest BCUT2D eigenvalue weighted by Gasteiger charge is 1.72. The van der Waals surface area contributed by atoms with Crippen LogP contribution in [-0.2, 0) is 0 Å². The smallest absolute Gasteiger partial charge is 0.316 e. The average Bonchev–Trinajstić information content (AvgIpc) is 1.61. The normalized spacial score (nSPS) is 6.75. The molecule has 8 heavy (non-hydrogen) atoms. The van der Waals surface area contributed by atoms with Crippen LogP contribution in [0.3, 0.4) is 0 Å². The van der Waals surface area contributed by atoms with E-state index in [4.69, 9.17) is 5.11 Å². The van der Waals surface area contributed by atoms with Crippen LogP contribution in [0.15, 0.2) is 0 Å². The van der Waals surface area contributed by atoms with Crippen LogP contribution in [0.5, 0.6) is 0 Å². The number of aliphatic hydroxyl groups excluding tert-OH is 1. The zero-order valence-corrected chi connectivity index (χ0v) is 5.29. The maximum atomic E-state index is 8.13. The summed E-state index contributed by atoms with van der Waals surface area (Å²) in [5, 5.41) is 11.1. The van der Waals surface area contributed by atoms with Crippen molar-refractivity contribution in [1.29, 1.82) is 0 Å². The van der Waals surface area contributed by atoms with E-state index >= 15 is 0 Å². The Kier molecular flexibility index (Phi) is 31.3. The fourth-order valence-electron chi connectivity index (χ4n) is 0.256. The highest BCUT2D eigenvalue weighted by molar-refractivity contribution is 5.85. The fraction of sp³-hybridized carbons (Fsp3) is 1.00. The summed E-state index contributed by atoms with van der Waals surface area (Å²) in [4.78, 5) is 0. The van der Waals surface area contributed by atoms with Gasteiger partial charge in [-0.05, 0) is 6.54 Å². The maximum absolute atomic E-state index is 8.13. The average molecular weight is 152 g/mol. The summed E-state index contributed by atoms with van der Waals surface area (Å²) in [7, 11) is 0. The third-order valence-corrected chi connectivity index (χ3v) is 0.539. The van der Waals surface area contributed by atoms with Gasteiger partial charge in [-0.2, -0.15) is 0 Å². The molecule has 0 amide bonds. The Morgan fingerprint density at radius 3 is 2.12 bits per heavy atom. The van der Waals surface area contributed by atoms with Gasteiger partial charge >= 0.3 is 23.1 Å². The van der Waals surface area contributed by atoms with Crippen LogP contribution in [0, 0.1) is 0 Å². The minimum absolute atomic E-state index is 0. The third kappa shape index (κ3) is 15.8. The van der Waals surface area contributed by atoms with Gasteiger partial charge in [0.2, 0.25) is 0 Å². The van der Waals surface area contributed by atoms with Crippen molar-refractivity contribution in [1.82, 2.24) is 5.32 Å². The summed E-state index contributed by atoms with van der Waals surface area (Å²) in [5.74, 6) is 0.